The standard InChI is InChI=1S/C10H16N2O3/c1-7(6-13-2)15-10-8(11)4-5-9(12-10)14-3/h4-5,7H,6,11H2,1-3H3/t7-/m0/s1. The van der Waals surface area contributed by atoms with E-state index in [2.05, 4.69) is 4.98 Å². The first-order chi connectivity index (χ1) is 7.17. The molecule has 1 aromatic rings. The highest BCUT2D eigenvalue weighted by Gasteiger charge is 2.09. The predicted molar refractivity (Wildman–Crippen MR) is 57.2 cm³/mol. The number of anilines is 1. The minimum atomic E-state index is -0.100. The van der Waals surface area contributed by atoms with Crippen LogP contribution in [0, 0.1) is 0 Å². The molecule has 1 atom stereocenters. The highest BCUT2D eigenvalue weighted by Crippen LogP contribution is 2.22. The number of pyridine rings is 1. The van der Waals surface area contributed by atoms with Crippen molar-refractivity contribution in [2.75, 3.05) is 26.6 Å². The summed E-state index contributed by atoms with van der Waals surface area (Å²) in [5, 5.41) is 0. The van der Waals surface area contributed by atoms with Gasteiger partial charge in [0, 0.05) is 13.2 Å². The molecule has 84 valence electrons. The molecule has 5 heteroatoms. The SMILES string of the molecule is COC[C@H](C)Oc1nc(OC)ccc1N. The molecule has 0 fully saturated rings. The molecular weight excluding hydrogens is 196 g/mol. The second-order valence-corrected chi connectivity index (χ2v) is 3.13. The van der Waals surface area contributed by atoms with Crippen molar-refractivity contribution in [2.24, 2.45) is 0 Å². The fourth-order valence-corrected chi connectivity index (χ4v) is 1.10. The molecule has 0 saturated heterocycles. The molecule has 0 saturated carbocycles. The summed E-state index contributed by atoms with van der Waals surface area (Å²) in [5.41, 5.74) is 6.19. The molecule has 0 aliphatic carbocycles. The topological polar surface area (TPSA) is 66.6 Å². The minimum absolute atomic E-state index is 0.100. The van der Waals surface area contributed by atoms with Gasteiger partial charge in [0.2, 0.25) is 11.8 Å². The first-order valence-corrected chi connectivity index (χ1v) is 4.63. The van der Waals surface area contributed by atoms with Crippen molar-refractivity contribution in [3.8, 4) is 11.8 Å². The number of nitrogen functional groups attached to an aromatic ring is 1. The molecule has 0 unspecified atom stereocenters. The van der Waals surface area contributed by atoms with Crippen LogP contribution < -0.4 is 15.2 Å². The Morgan fingerprint density at radius 1 is 1.40 bits per heavy atom. The Morgan fingerprint density at radius 3 is 2.73 bits per heavy atom. The normalized spacial score (nSPS) is 12.2. The Bertz CT molecular complexity index is 318. The van der Waals surface area contributed by atoms with Gasteiger partial charge in [0.05, 0.1) is 19.4 Å². The maximum atomic E-state index is 5.70. The van der Waals surface area contributed by atoms with Gasteiger partial charge in [0.15, 0.2) is 0 Å². The van der Waals surface area contributed by atoms with Gasteiger partial charge in [0.1, 0.15) is 6.10 Å². The molecule has 5 nitrogen and oxygen atoms in total. The van der Waals surface area contributed by atoms with Gasteiger partial charge in [-0.1, -0.05) is 0 Å². The number of aromatic nitrogens is 1. The molecule has 0 aliphatic rings. The van der Waals surface area contributed by atoms with E-state index in [0.717, 1.165) is 0 Å². The second-order valence-electron chi connectivity index (χ2n) is 3.13. The fraction of sp³-hybridized carbons (Fsp3) is 0.500. The first kappa shape index (κ1) is 11.6. The maximum absolute atomic E-state index is 5.70. The molecule has 1 heterocycles. The quantitative estimate of drug-likeness (QED) is 0.791. The van der Waals surface area contributed by atoms with E-state index < -0.39 is 0 Å². The van der Waals surface area contributed by atoms with Gasteiger partial charge in [-0.2, -0.15) is 4.98 Å². The summed E-state index contributed by atoms with van der Waals surface area (Å²) in [7, 11) is 3.16. The van der Waals surface area contributed by atoms with Crippen LogP contribution in [0.5, 0.6) is 11.8 Å². The Kier molecular flexibility index (Phi) is 4.17. The summed E-state index contributed by atoms with van der Waals surface area (Å²) in [6.07, 6.45) is -0.100. The lowest BCUT2D eigenvalue weighted by Gasteiger charge is -2.14. The van der Waals surface area contributed by atoms with Gasteiger partial charge in [-0.05, 0) is 13.0 Å². The molecule has 0 radical (unpaired) electrons. The summed E-state index contributed by atoms with van der Waals surface area (Å²) in [6.45, 7) is 2.36. The lowest BCUT2D eigenvalue weighted by Crippen LogP contribution is -2.19. The highest BCUT2D eigenvalue weighted by molar-refractivity contribution is 5.49. The van der Waals surface area contributed by atoms with Crippen molar-refractivity contribution >= 4 is 5.69 Å². The van der Waals surface area contributed by atoms with Crippen LogP contribution in [-0.2, 0) is 4.74 Å². The van der Waals surface area contributed by atoms with Crippen molar-refractivity contribution in [3.05, 3.63) is 12.1 Å². The third-order valence-electron chi connectivity index (χ3n) is 1.79. The zero-order valence-electron chi connectivity index (χ0n) is 9.19. The van der Waals surface area contributed by atoms with Gasteiger partial charge < -0.3 is 19.9 Å². The van der Waals surface area contributed by atoms with Crippen molar-refractivity contribution in [1.29, 1.82) is 0 Å². The maximum Gasteiger partial charge on any atom is 0.240 e. The van der Waals surface area contributed by atoms with Crippen molar-refractivity contribution in [2.45, 2.75) is 13.0 Å². The van der Waals surface area contributed by atoms with Crippen molar-refractivity contribution in [1.82, 2.24) is 4.98 Å². The lowest BCUT2D eigenvalue weighted by molar-refractivity contribution is 0.0891. The lowest BCUT2D eigenvalue weighted by atomic mass is 10.4. The van der Waals surface area contributed by atoms with E-state index in [-0.39, 0.29) is 6.10 Å². The van der Waals surface area contributed by atoms with Crippen LogP contribution >= 0.6 is 0 Å². The van der Waals surface area contributed by atoms with Gasteiger partial charge in [0.25, 0.3) is 0 Å². The smallest absolute Gasteiger partial charge is 0.240 e. The first-order valence-electron chi connectivity index (χ1n) is 4.63. The number of nitrogens with two attached hydrogens (primary N) is 1. The zero-order valence-corrected chi connectivity index (χ0v) is 9.19. The van der Waals surface area contributed by atoms with Gasteiger partial charge in [-0.15, -0.1) is 0 Å². The Labute approximate surface area is 89.2 Å². The monoisotopic (exact) mass is 212 g/mol. The van der Waals surface area contributed by atoms with E-state index in [9.17, 15) is 0 Å². The second kappa shape index (κ2) is 5.41. The molecule has 0 aromatic carbocycles. The van der Waals surface area contributed by atoms with E-state index in [1.54, 1.807) is 26.4 Å². The average molecular weight is 212 g/mol. The van der Waals surface area contributed by atoms with Gasteiger partial charge in [-0.3, -0.25) is 0 Å². The van der Waals surface area contributed by atoms with Crippen LogP contribution in [0.15, 0.2) is 12.1 Å². The number of hydrogen-bond donors (Lipinski definition) is 1. The molecule has 15 heavy (non-hydrogen) atoms. The molecule has 2 N–H and O–H groups in total. The Hall–Kier alpha value is -1.49. The fourth-order valence-electron chi connectivity index (χ4n) is 1.10. The average Bonchev–Trinajstić information content (AvgIpc) is 2.21. The Balaban J connectivity index is 2.74. The number of ether oxygens (including phenoxy) is 3. The Morgan fingerprint density at radius 2 is 2.13 bits per heavy atom. The predicted octanol–water partition coefficient (Wildman–Crippen LogP) is 1.09. The molecular formula is C10H16N2O3. The van der Waals surface area contributed by atoms with Gasteiger partial charge in [-0.25, -0.2) is 0 Å². The largest absolute Gasteiger partial charge is 0.481 e. The molecule has 1 rings (SSSR count). The summed E-state index contributed by atoms with van der Waals surface area (Å²) in [6, 6.07) is 3.38. The number of nitrogens with zero attached hydrogens (tertiary/aromatic N) is 1. The summed E-state index contributed by atoms with van der Waals surface area (Å²) < 4.78 is 15.4. The van der Waals surface area contributed by atoms with Crippen molar-refractivity contribution in [3.63, 3.8) is 0 Å². The van der Waals surface area contributed by atoms with E-state index in [1.165, 1.54) is 0 Å². The van der Waals surface area contributed by atoms with Crippen LogP contribution in [0.25, 0.3) is 0 Å². The third-order valence-corrected chi connectivity index (χ3v) is 1.79. The van der Waals surface area contributed by atoms with Crippen molar-refractivity contribution < 1.29 is 14.2 Å². The van der Waals surface area contributed by atoms with Crippen LogP contribution in [0.4, 0.5) is 5.69 Å². The molecule has 1 aromatic heterocycles. The number of hydrogen-bond acceptors (Lipinski definition) is 5. The summed E-state index contributed by atoms with van der Waals surface area (Å²) in [4.78, 5) is 4.09. The molecule has 0 bridgehead atoms. The van der Waals surface area contributed by atoms with E-state index >= 15 is 0 Å². The highest BCUT2D eigenvalue weighted by atomic mass is 16.5. The molecule has 0 amide bonds. The third kappa shape index (κ3) is 3.28. The van der Waals surface area contributed by atoms with E-state index in [4.69, 9.17) is 19.9 Å². The van der Waals surface area contributed by atoms with E-state index in [1.807, 2.05) is 6.92 Å². The zero-order chi connectivity index (χ0) is 11.3. The molecule has 0 aliphatic heterocycles. The van der Waals surface area contributed by atoms with E-state index in [0.29, 0.717) is 24.1 Å². The van der Waals surface area contributed by atoms with Gasteiger partial charge >= 0.3 is 0 Å². The van der Waals surface area contributed by atoms with Crippen LogP contribution in [0.3, 0.4) is 0 Å². The number of rotatable bonds is 5. The van der Waals surface area contributed by atoms with Crippen LogP contribution in [0.2, 0.25) is 0 Å². The number of methoxy groups -OCH3 is 2. The summed E-state index contributed by atoms with van der Waals surface area (Å²) >= 11 is 0. The van der Waals surface area contributed by atoms with Crippen LogP contribution in [0.1, 0.15) is 6.92 Å². The summed E-state index contributed by atoms with van der Waals surface area (Å²) in [5.74, 6) is 0.850. The minimum Gasteiger partial charge on any atom is -0.481 e. The molecule has 0 spiro atoms. The van der Waals surface area contributed by atoms with Crippen LogP contribution in [-0.4, -0.2) is 31.9 Å².